The average molecular weight is 288 g/mol. The van der Waals surface area contributed by atoms with Gasteiger partial charge in [0.2, 0.25) is 0 Å². The largest absolute Gasteiger partial charge is 0.323 e. The molecule has 3 rings (SSSR count). The third-order valence-corrected chi connectivity index (χ3v) is 4.08. The number of fused-ring (bicyclic) bond motifs is 1. The number of rotatable bonds is 3. The van der Waals surface area contributed by atoms with Gasteiger partial charge in [0, 0.05) is 24.5 Å². The van der Waals surface area contributed by atoms with E-state index in [1.165, 1.54) is 11.3 Å². The fourth-order valence-corrected chi connectivity index (χ4v) is 3.01. The van der Waals surface area contributed by atoms with Crippen LogP contribution in [0.25, 0.3) is 0 Å². The summed E-state index contributed by atoms with van der Waals surface area (Å²) in [4.78, 5) is 6.82. The molecule has 104 valence electrons. The standard InChI is InChI=1S/C16H18ClN3/c1-11-7-12-5-3-4-6-15(12)20(11)16-8-13(9-18-2)14(17)10-19-16/h3-6,8,10-11,18H,7,9H2,1-2H3. The molecule has 0 saturated carbocycles. The first-order valence-corrected chi connectivity index (χ1v) is 7.24. The fraction of sp³-hybridized carbons (Fsp3) is 0.312. The van der Waals surface area contributed by atoms with E-state index in [0.717, 1.165) is 24.3 Å². The first-order valence-electron chi connectivity index (χ1n) is 6.87. The van der Waals surface area contributed by atoms with E-state index in [1.807, 2.05) is 7.05 Å². The van der Waals surface area contributed by atoms with Gasteiger partial charge >= 0.3 is 0 Å². The van der Waals surface area contributed by atoms with Gasteiger partial charge in [0.25, 0.3) is 0 Å². The van der Waals surface area contributed by atoms with Crippen LogP contribution in [-0.4, -0.2) is 18.1 Å². The molecule has 0 spiro atoms. The number of benzene rings is 1. The molecule has 1 aromatic heterocycles. The molecule has 1 aromatic carbocycles. The Morgan fingerprint density at radius 2 is 2.20 bits per heavy atom. The van der Waals surface area contributed by atoms with Crippen LogP contribution in [0.1, 0.15) is 18.1 Å². The number of anilines is 2. The van der Waals surface area contributed by atoms with Gasteiger partial charge in [-0.05, 0) is 43.7 Å². The smallest absolute Gasteiger partial charge is 0.133 e. The van der Waals surface area contributed by atoms with Crippen molar-refractivity contribution in [1.82, 2.24) is 10.3 Å². The monoisotopic (exact) mass is 287 g/mol. The highest BCUT2D eigenvalue weighted by molar-refractivity contribution is 6.31. The van der Waals surface area contributed by atoms with Crippen molar-refractivity contribution in [2.45, 2.75) is 25.9 Å². The molecular weight excluding hydrogens is 270 g/mol. The van der Waals surface area contributed by atoms with Crippen LogP contribution in [0.15, 0.2) is 36.5 Å². The van der Waals surface area contributed by atoms with E-state index in [1.54, 1.807) is 6.20 Å². The molecule has 20 heavy (non-hydrogen) atoms. The maximum Gasteiger partial charge on any atom is 0.133 e. The van der Waals surface area contributed by atoms with Crippen molar-refractivity contribution in [3.63, 3.8) is 0 Å². The summed E-state index contributed by atoms with van der Waals surface area (Å²) in [6, 6.07) is 11.0. The van der Waals surface area contributed by atoms with E-state index >= 15 is 0 Å². The molecule has 0 saturated heterocycles. The Labute approximate surface area is 124 Å². The summed E-state index contributed by atoms with van der Waals surface area (Å²) in [5.74, 6) is 0.970. The molecule has 1 atom stereocenters. The summed E-state index contributed by atoms with van der Waals surface area (Å²) in [6.07, 6.45) is 2.80. The quantitative estimate of drug-likeness (QED) is 0.936. The Bertz CT molecular complexity index is 627. The maximum absolute atomic E-state index is 6.20. The van der Waals surface area contributed by atoms with Gasteiger partial charge in [-0.2, -0.15) is 0 Å². The third-order valence-electron chi connectivity index (χ3n) is 3.74. The zero-order valence-electron chi connectivity index (χ0n) is 11.7. The normalized spacial score (nSPS) is 17.4. The Balaban J connectivity index is 2.03. The van der Waals surface area contributed by atoms with Gasteiger partial charge in [0.1, 0.15) is 5.82 Å². The Morgan fingerprint density at radius 1 is 1.40 bits per heavy atom. The lowest BCUT2D eigenvalue weighted by Crippen LogP contribution is -2.25. The zero-order chi connectivity index (χ0) is 14.1. The molecule has 0 amide bonds. The van der Waals surface area contributed by atoms with Gasteiger partial charge in [0.05, 0.1) is 5.02 Å². The fourth-order valence-electron chi connectivity index (χ4n) is 2.84. The number of hydrogen-bond acceptors (Lipinski definition) is 3. The Hall–Kier alpha value is -1.58. The molecule has 0 radical (unpaired) electrons. The average Bonchev–Trinajstić information content (AvgIpc) is 2.77. The minimum atomic E-state index is 0.420. The van der Waals surface area contributed by atoms with Crippen LogP contribution < -0.4 is 10.2 Å². The predicted octanol–water partition coefficient (Wildman–Crippen LogP) is 3.54. The molecule has 0 bridgehead atoms. The minimum absolute atomic E-state index is 0.420. The summed E-state index contributed by atoms with van der Waals surface area (Å²) in [5, 5.41) is 3.85. The van der Waals surface area contributed by atoms with Crippen LogP contribution in [0.4, 0.5) is 11.5 Å². The molecule has 0 fully saturated rings. The van der Waals surface area contributed by atoms with E-state index in [4.69, 9.17) is 11.6 Å². The zero-order valence-corrected chi connectivity index (χ0v) is 12.5. The molecule has 2 heterocycles. The summed E-state index contributed by atoms with van der Waals surface area (Å²) in [7, 11) is 1.92. The SMILES string of the molecule is CNCc1cc(N2c3ccccc3CC2C)ncc1Cl. The van der Waals surface area contributed by atoms with Gasteiger partial charge in [-0.1, -0.05) is 29.8 Å². The first kappa shape index (κ1) is 13.4. The molecule has 1 unspecified atom stereocenters. The summed E-state index contributed by atoms with van der Waals surface area (Å²) < 4.78 is 0. The summed E-state index contributed by atoms with van der Waals surface area (Å²) in [5.41, 5.74) is 3.72. The van der Waals surface area contributed by atoms with Crippen molar-refractivity contribution < 1.29 is 0 Å². The van der Waals surface area contributed by atoms with Crippen molar-refractivity contribution in [1.29, 1.82) is 0 Å². The number of pyridine rings is 1. The van der Waals surface area contributed by atoms with Gasteiger partial charge in [-0.15, -0.1) is 0 Å². The topological polar surface area (TPSA) is 28.2 Å². The predicted molar refractivity (Wildman–Crippen MR) is 83.8 cm³/mol. The number of halogens is 1. The molecule has 4 heteroatoms. The van der Waals surface area contributed by atoms with E-state index in [2.05, 4.69) is 52.5 Å². The lowest BCUT2D eigenvalue weighted by molar-refractivity contribution is 0.747. The number of hydrogen-bond donors (Lipinski definition) is 1. The summed E-state index contributed by atoms with van der Waals surface area (Å²) >= 11 is 6.20. The second kappa shape index (κ2) is 5.43. The van der Waals surface area contributed by atoms with Crippen LogP contribution in [0, 0.1) is 0 Å². The molecule has 2 aromatic rings. The Morgan fingerprint density at radius 3 is 3.00 bits per heavy atom. The van der Waals surface area contributed by atoms with Gasteiger partial charge in [-0.25, -0.2) is 4.98 Å². The second-order valence-electron chi connectivity index (χ2n) is 5.22. The highest BCUT2D eigenvalue weighted by atomic mass is 35.5. The highest BCUT2D eigenvalue weighted by Crippen LogP contribution is 2.37. The number of para-hydroxylation sites is 1. The maximum atomic E-state index is 6.20. The molecular formula is C16H18ClN3. The molecule has 1 aliphatic rings. The molecule has 0 aliphatic carbocycles. The van der Waals surface area contributed by atoms with Gasteiger partial charge in [0.15, 0.2) is 0 Å². The number of aromatic nitrogens is 1. The number of nitrogens with one attached hydrogen (secondary N) is 1. The second-order valence-corrected chi connectivity index (χ2v) is 5.62. The van der Waals surface area contributed by atoms with E-state index < -0.39 is 0 Å². The van der Waals surface area contributed by atoms with Crippen molar-refractivity contribution in [2.75, 3.05) is 11.9 Å². The molecule has 1 aliphatic heterocycles. The van der Waals surface area contributed by atoms with E-state index in [-0.39, 0.29) is 0 Å². The summed E-state index contributed by atoms with van der Waals surface area (Å²) in [6.45, 7) is 2.98. The number of nitrogens with zero attached hydrogens (tertiary/aromatic N) is 2. The van der Waals surface area contributed by atoms with E-state index in [0.29, 0.717) is 11.1 Å². The highest BCUT2D eigenvalue weighted by Gasteiger charge is 2.27. The first-order chi connectivity index (χ1) is 9.70. The van der Waals surface area contributed by atoms with Crippen molar-refractivity contribution in [3.05, 3.63) is 52.7 Å². The van der Waals surface area contributed by atoms with Crippen LogP contribution in [0.3, 0.4) is 0 Å². The van der Waals surface area contributed by atoms with Crippen molar-refractivity contribution in [3.8, 4) is 0 Å². The van der Waals surface area contributed by atoms with Gasteiger partial charge < -0.3 is 10.2 Å². The van der Waals surface area contributed by atoms with Crippen LogP contribution in [0.2, 0.25) is 5.02 Å². The van der Waals surface area contributed by atoms with Crippen molar-refractivity contribution >= 4 is 23.1 Å². The molecule has 1 N–H and O–H groups in total. The Kier molecular flexibility index (Phi) is 3.64. The van der Waals surface area contributed by atoms with Crippen molar-refractivity contribution in [2.24, 2.45) is 0 Å². The van der Waals surface area contributed by atoms with Gasteiger partial charge in [-0.3, -0.25) is 0 Å². The minimum Gasteiger partial charge on any atom is -0.323 e. The van der Waals surface area contributed by atoms with Crippen LogP contribution in [0.5, 0.6) is 0 Å². The molecule has 3 nitrogen and oxygen atoms in total. The van der Waals surface area contributed by atoms with Crippen LogP contribution >= 0.6 is 11.6 Å². The third kappa shape index (κ3) is 2.28. The lowest BCUT2D eigenvalue weighted by Gasteiger charge is -2.24. The van der Waals surface area contributed by atoms with E-state index in [9.17, 15) is 0 Å². The lowest BCUT2D eigenvalue weighted by atomic mass is 10.1. The van der Waals surface area contributed by atoms with Crippen LogP contribution in [-0.2, 0) is 13.0 Å².